The third-order valence-corrected chi connectivity index (χ3v) is 7.14. The van der Waals surface area contributed by atoms with Crippen molar-refractivity contribution >= 4 is 5.97 Å². The quantitative estimate of drug-likeness (QED) is 0.422. The van der Waals surface area contributed by atoms with Crippen LogP contribution in [0.3, 0.4) is 0 Å². The van der Waals surface area contributed by atoms with Crippen molar-refractivity contribution in [2.45, 2.75) is 80.1 Å². The van der Waals surface area contributed by atoms with Crippen molar-refractivity contribution in [1.82, 2.24) is 0 Å². The van der Waals surface area contributed by atoms with Crippen LogP contribution in [-0.4, -0.2) is 12.6 Å². The van der Waals surface area contributed by atoms with E-state index in [1.165, 1.54) is 32.1 Å². The smallest absolute Gasteiger partial charge is 0.312 e. The van der Waals surface area contributed by atoms with E-state index < -0.39 is 0 Å². The Kier molecular flexibility index (Phi) is 6.19. The van der Waals surface area contributed by atoms with Gasteiger partial charge in [0.15, 0.2) is 0 Å². The molecule has 1 saturated heterocycles. The van der Waals surface area contributed by atoms with Crippen LogP contribution in [0.2, 0.25) is 0 Å². The van der Waals surface area contributed by atoms with E-state index in [4.69, 9.17) is 4.74 Å². The van der Waals surface area contributed by atoms with Crippen LogP contribution in [-0.2, 0) is 9.53 Å². The van der Waals surface area contributed by atoms with Gasteiger partial charge >= 0.3 is 5.97 Å². The van der Waals surface area contributed by atoms with Crippen molar-refractivity contribution < 1.29 is 9.53 Å². The van der Waals surface area contributed by atoms with Gasteiger partial charge in [-0.2, -0.15) is 0 Å². The number of carbonyl (C=O) groups is 1. The van der Waals surface area contributed by atoms with Gasteiger partial charge in [0.2, 0.25) is 0 Å². The van der Waals surface area contributed by atoms with Gasteiger partial charge in [-0.05, 0) is 74.0 Å². The van der Waals surface area contributed by atoms with Crippen molar-refractivity contribution in [3.8, 4) is 0 Å². The maximum Gasteiger partial charge on any atom is 0.312 e. The first kappa shape index (κ1) is 18.8. The molecular formula is C21H38O2. The van der Waals surface area contributed by atoms with Crippen molar-refractivity contribution in [3.05, 3.63) is 0 Å². The second kappa shape index (κ2) is 7.57. The van der Waals surface area contributed by atoms with E-state index in [9.17, 15) is 4.79 Å². The van der Waals surface area contributed by atoms with Crippen LogP contribution in [0, 0.1) is 40.9 Å². The fraction of sp³-hybridized carbons (Fsp3) is 0.952. The lowest BCUT2D eigenvalue weighted by Crippen LogP contribution is -2.42. The monoisotopic (exact) mass is 322 g/mol. The molecule has 1 spiro atoms. The number of esters is 1. The van der Waals surface area contributed by atoms with Crippen LogP contribution < -0.4 is 0 Å². The minimum absolute atomic E-state index is 0.00366. The van der Waals surface area contributed by atoms with E-state index in [1.807, 2.05) is 41.5 Å². The van der Waals surface area contributed by atoms with Gasteiger partial charge < -0.3 is 4.74 Å². The summed E-state index contributed by atoms with van der Waals surface area (Å²) in [7, 11) is 0. The lowest BCUT2D eigenvalue weighted by Gasteiger charge is -2.42. The summed E-state index contributed by atoms with van der Waals surface area (Å²) in [6, 6.07) is 0. The summed E-state index contributed by atoms with van der Waals surface area (Å²) >= 11 is 0. The molecule has 4 saturated carbocycles. The fourth-order valence-electron chi connectivity index (χ4n) is 6.84. The summed E-state index contributed by atoms with van der Waals surface area (Å²) in [5.74, 6) is 5.70. The molecule has 2 nitrogen and oxygen atoms in total. The third-order valence-electron chi connectivity index (χ3n) is 7.14. The highest BCUT2D eigenvalue weighted by Gasteiger charge is 2.70. The van der Waals surface area contributed by atoms with E-state index >= 15 is 0 Å². The Labute approximate surface area is 143 Å². The molecule has 7 atom stereocenters. The highest BCUT2D eigenvalue weighted by atomic mass is 16.5. The van der Waals surface area contributed by atoms with Crippen molar-refractivity contribution in [2.75, 3.05) is 6.61 Å². The Morgan fingerprint density at radius 3 is 2.04 bits per heavy atom. The number of hydrogen-bond donors (Lipinski definition) is 0. The average Bonchev–Trinajstić information content (AvgIpc) is 3.41. The molecule has 0 amide bonds. The molecule has 5 aliphatic rings. The molecule has 1 heterocycles. The van der Waals surface area contributed by atoms with Crippen LogP contribution in [0.5, 0.6) is 0 Å². The molecule has 0 aromatic heterocycles. The fourth-order valence-corrected chi connectivity index (χ4v) is 6.84. The average molecular weight is 323 g/mol. The number of hydrogen-bond acceptors (Lipinski definition) is 2. The normalized spacial score (nSPS) is 47.0. The number of carbonyl (C=O) groups excluding carboxylic acids is 1. The number of ether oxygens (including phenoxy) is 1. The molecule has 4 bridgehead atoms. The van der Waals surface area contributed by atoms with Gasteiger partial charge in [-0.3, -0.25) is 4.79 Å². The van der Waals surface area contributed by atoms with Crippen LogP contribution in [0.25, 0.3) is 0 Å². The lowest BCUT2D eigenvalue weighted by molar-refractivity contribution is -0.151. The minimum atomic E-state index is -0.00366. The zero-order valence-electron chi connectivity index (χ0n) is 16.2. The van der Waals surface area contributed by atoms with Crippen molar-refractivity contribution in [1.29, 1.82) is 0 Å². The zero-order chi connectivity index (χ0) is 17.2. The van der Waals surface area contributed by atoms with Gasteiger partial charge in [-0.25, -0.2) is 0 Å². The zero-order valence-corrected chi connectivity index (χ0v) is 16.2. The van der Waals surface area contributed by atoms with Gasteiger partial charge in [0, 0.05) is 0 Å². The first-order valence-corrected chi connectivity index (χ1v) is 10.5. The first-order valence-electron chi connectivity index (χ1n) is 10.5. The molecule has 5 fully saturated rings. The summed E-state index contributed by atoms with van der Waals surface area (Å²) in [6.07, 6.45) is 8.02. The molecule has 23 heavy (non-hydrogen) atoms. The second-order valence-corrected chi connectivity index (χ2v) is 7.34. The highest BCUT2D eigenvalue weighted by molar-refractivity contribution is 5.80. The molecule has 4 aliphatic carbocycles. The van der Waals surface area contributed by atoms with Crippen LogP contribution in [0.1, 0.15) is 80.1 Å². The maximum absolute atomic E-state index is 12.2. The summed E-state index contributed by atoms with van der Waals surface area (Å²) in [6.45, 7) is 12.7. The molecule has 0 aromatic rings. The molecule has 1 aliphatic heterocycles. The van der Waals surface area contributed by atoms with E-state index in [1.54, 1.807) is 0 Å². The standard InChI is InChI=1S/C15H20O2.3C2H6/c16-14-15(3-4-17-14)7-10-6-11(15)13-9-2-1-8(5-9)12(10)13;3*1-2/h8-13H,1-7H2;3*1-2H3. The SMILES string of the molecule is CC.CC.CC.O=C1OCCC12CC1CC2C2C3CCC(C3)C12. The topological polar surface area (TPSA) is 26.3 Å². The van der Waals surface area contributed by atoms with Gasteiger partial charge in [0.1, 0.15) is 0 Å². The van der Waals surface area contributed by atoms with Crippen molar-refractivity contribution in [2.24, 2.45) is 40.9 Å². The molecule has 5 rings (SSSR count). The molecule has 0 N–H and O–H groups in total. The molecular weight excluding hydrogens is 284 g/mol. The molecule has 134 valence electrons. The summed E-state index contributed by atoms with van der Waals surface area (Å²) in [5, 5.41) is 0. The summed E-state index contributed by atoms with van der Waals surface area (Å²) in [4.78, 5) is 12.2. The summed E-state index contributed by atoms with van der Waals surface area (Å²) < 4.78 is 5.33. The second-order valence-electron chi connectivity index (χ2n) is 7.34. The summed E-state index contributed by atoms with van der Waals surface area (Å²) in [5.41, 5.74) is -0.00366. The van der Waals surface area contributed by atoms with Crippen LogP contribution >= 0.6 is 0 Å². The largest absolute Gasteiger partial charge is 0.465 e. The third kappa shape index (κ3) is 2.55. The van der Waals surface area contributed by atoms with E-state index in [-0.39, 0.29) is 11.4 Å². The van der Waals surface area contributed by atoms with Crippen molar-refractivity contribution in [3.63, 3.8) is 0 Å². The van der Waals surface area contributed by atoms with Crippen LogP contribution in [0.4, 0.5) is 0 Å². The Bertz CT molecular complexity index is 405. The number of fused-ring (bicyclic) bond motifs is 10. The molecule has 0 aromatic carbocycles. The lowest BCUT2D eigenvalue weighted by atomic mass is 9.60. The van der Waals surface area contributed by atoms with Gasteiger partial charge in [0.25, 0.3) is 0 Å². The van der Waals surface area contributed by atoms with Gasteiger partial charge in [-0.1, -0.05) is 41.5 Å². The maximum atomic E-state index is 12.2. The predicted octanol–water partition coefficient (Wildman–Crippen LogP) is 5.70. The highest BCUT2D eigenvalue weighted by Crippen LogP contribution is 2.73. The van der Waals surface area contributed by atoms with E-state index in [0.717, 1.165) is 36.0 Å². The van der Waals surface area contributed by atoms with E-state index in [0.29, 0.717) is 12.5 Å². The number of rotatable bonds is 0. The minimum Gasteiger partial charge on any atom is -0.465 e. The molecule has 0 radical (unpaired) electrons. The molecule has 2 heteroatoms. The molecule has 7 unspecified atom stereocenters. The van der Waals surface area contributed by atoms with E-state index in [2.05, 4.69) is 0 Å². The first-order chi connectivity index (χ1) is 11.3. The Morgan fingerprint density at radius 2 is 1.48 bits per heavy atom. The Morgan fingerprint density at radius 1 is 0.870 bits per heavy atom. The Balaban J connectivity index is 0.000000291. The Hall–Kier alpha value is -0.530. The predicted molar refractivity (Wildman–Crippen MR) is 96.1 cm³/mol. The van der Waals surface area contributed by atoms with Crippen LogP contribution in [0.15, 0.2) is 0 Å². The van der Waals surface area contributed by atoms with Gasteiger partial charge in [-0.15, -0.1) is 0 Å². The van der Waals surface area contributed by atoms with Gasteiger partial charge in [0.05, 0.1) is 12.0 Å². The number of cyclic esters (lactones) is 1.